The van der Waals surface area contributed by atoms with E-state index in [1.54, 1.807) is 7.11 Å². The third-order valence-corrected chi connectivity index (χ3v) is 3.68. The summed E-state index contributed by atoms with van der Waals surface area (Å²) in [4.78, 5) is 4.64. The van der Waals surface area contributed by atoms with Crippen LogP contribution in [0.4, 0.5) is 0 Å². The van der Waals surface area contributed by atoms with Gasteiger partial charge in [0, 0.05) is 13.1 Å². The number of aliphatic imine (C=N–C) groups is 1. The molecule has 2 rings (SSSR count). The van der Waals surface area contributed by atoms with E-state index in [9.17, 15) is 0 Å². The Hall–Kier alpha value is -2.69. The van der Waals surface area contributed by atoms with Crippen LogP contribution < -0.4 is 20.1 Å². The lowest BCUT2D eigenvalue weighted by Crippen LogP contribution is -2.36. The van der Waals surface area contributed by atoms with Crippen LogP contribution in [0.3, 0.4) is 0 Å². The van der Waals surface area contributed by atoms with Crippen molar-refractivity contribution >= 4 is 5.96 Å². The number of nitrogens with one attached hydrogen (secondary N) is 2. The van der Waals surface area contributed by atoms with E-state index in [0.717, 1.165) is 29.6 Å². The second-order valence-corrected chi connectivity index (χ2v) is 6.21. The van der Waals surface area contributed by atoms with Crippen LogP contribution in [0, 0.1) is 0 Å². The number of hydrogen-bond donors (Lipinski definition) is 2. The predicted octanol–water partition coefficient (Wildman–Crippen LogP) is 3.74. The highest BCUT2D eigenvalue weighted by Crippen LogP contribution is 2.14. The summed E-state index contributed by atoms with van der Waals surface area (Å²) >= 11 is 0. The Morgan fingerprint density at radius 3 is 2.12 bits per heavy atom. The first-order chi connectivity index (χ1) is 12.6. The van der Waals surface area contributed by atoms with E-state index >= 15 is 0 Å². The van der Waals surface area contributed by atoms with Crippen molar-refractivity contribution in [3.05, 3.63) is 59.7 Å². The Balaban J connectivity index is 1.91. The second-order valence-electron chi connectivity index (χ2n) is 6.21. The largest absolute Gasteiger partial charge is 0.497 e. The van der Waals surface area contributed by atoms with Gasteiger partial charge in [-0.25, -0.2) is 4.99 Å². The number of guanidine groups is 1. The number of ether oxygens (including phenoxy) is 2. The maximum atomic E-state index is 5.67. The van der Waals surface area contributed by atoms with E-state index in [0.29, 0.717) is 13.1 Å². The van der Waals surface area contributed by atoms with Gasteiger partial charge in [0.25, 0.3) is 0 Å². The lowest BCUT2D eigenvalue weighted by molar-refractivity contribution is 0.242. The zero-order chi connectivity index (χ0) is 18.8. The molecule has 2 N–H and O–H groups in total. The number of rotatable bonds is 8. The van der Waals surface area contributed by atoms with Crippen LogP contribution in [0.1, 0.15) is 31.9 Å². The fourth-order valence-corrected chi connectivity index (χ4v) is 2.39. The van der Waals surface area contributed by atoms with Crippen LogP contribution in [-0.2, 0) is 13.1 Å². The van der Waals surface area contributed by atoms with Crippen LogP contribution in [0.2, 0.25) is 0 Å². The SMILES string of the molecule is CCNC(=NCc1ccc(OC)cc1)NCc1ccc(OC(C)C)cc1. The fourth-order valence-electron chi connectivity index (χ4n) is 2.39. The molecule has 0 spiro atoms. The van der Waals surface area contributed by atoms with Gasteiger partial charge in [-0.15, -0.1) is 0 Å². The molecule has 5 heteroatoms. The first-order valence-corrected chi connectivity index (χ1v) is 9.01. The van der Waals surface area contributed by atoms with Crippen LogP contribution >= 0.6 is 0 Å². The van der Waals surface area contributed by atoms with E-state index in [-0.39, 0.29) is 6.10 Å². The molecule has 0 aliphatic carbocycles. The monoisotopic (exact) mass is 355 g/mol. The number of nitrogens with zero attached hydrogens (tertiary/aromatic N) is 1. The number of methoxy groups -OCH3 is 1. The summed E-state index contributed by atoms with van der Waals surface area (Å²) in [6.45, 7) is 8.24. The summed E-state index contributed by atoms with van der Waals surface area (Å²) < 4.78 is 10.9. The molecule has 0 amide bonds. The average molecular weight is 355 g/mol. The van der Waals surface area contributed by atoms with Gasteiger partial charge < -0.3 is 20.1 Å². The quantitative estimate of drug-likeness (QED) is 0.559. The van der Waals surface area contributed by atoms with Crippen molar-refractivity contribution in [1.29, 1.82) is 0 Å². The van der Waals surface area contributed by atoms with E-state index in [1.807, 2.05) is 50.2 Å². The maximum Gasteiger partial charge on any atom is 0.191 e. The molecule has 2 aromatic rings. The number of hydrogen-bond acceptors (Lipinski definition) is 3. The lowest BCUT2D eigenvalue weighted by Gasteiger charge is -2.13. The smallest absolute Gasteiger partial charge is 0.191 e. The van der Waals surface area contributed by atoms with Crippen molar-refractivity contribution in [2.45, 2.75) is 40.0 Å². The molecule has 5 nitrogen and oxygen atoms in total. The molecule has 26 heavy (non-hydrogen) atoms. The molecule has 2 aromatic carbocycles. The molecule has 0 heterocycles. The van der Waals surface area contributed by atoms with Gasteiger partial charge >= 0.3 is 0 Å². The standard InChI is InChI=1S/C21H29N3O2/c1-5-22-21(23-14-17-6-10-19(25-4)11-7-17)24-15-18-8-12-20(13-9-18)26-16(2)3/h6-13,16H,5,14-15H2,1-4H3,(H2,22,23,24). The van der Waals surface area contributed by atoms with Crippen molar-refractivity contribution in [1.82, 2.24) is 10.6 Å². The molecule has 0 unspecified atom stereocenters. The molecule has 0 aromatic heterocycles. The van der Waals surface area contributed by atoms with E-state index in [1.165, 1.54) is 5.56 Å². The topological polar surface area (TPSA) is 54.9 Å². The molecule has 0 fully saturated rings. The summed E-state index contributed by atoms with van der Waals surface area (Å²) in [5, 5.41) is 6.64. The zero-order valence-electron chi connectivity index (χ0n) is 16.1. The third-order valence-electron chi connectivity index (χ3n) is 3.68. The highest BCUT2D eigenvalue weighted by molar-refractivity contribution is 5.79. The summed E-state index contributed by atoms with van der Waals surface area (Å²) in [5.41, 5.74) is 2.31. The van der Waals surface area contributed by atoms with Gasteiger partial charge in [-0.3, -0.25) is 0 Å². The summed E-state index contributed by atoms with van der Waals surface area (Å²) in [6.07, 6.45) is 0.185. The maximum absolute atomic E-state index is 5.67. The Kier molecular flexibility index (Phi) is 7.80. The molecule has 0 saturated carbocycles. The minimum Gasteiger partial charge on any atom is -0.497 e. The molecule has 0 aliphatic rings. The van der Waals surface area contributed by atoms with Crippen molar-refractivity contribution in [2.75, 3.05) is 13.7 Å². The van der Waals surface area contributed by atoms with E-state index < -0.39 is 0 Å². The van der Waals surface area contributed by atoms with Crippen LogP contribution in [-0.4, -0.2) is 25.7 Å². The van der Waals surface area contributed by atoms with E-state index in [2.05, 4.69) is 34.7 Å². The molecule has 0 radical (unpaired) electrons. The molecular formula is C21H29N3O2. The van der Waals surface area contributed by atoms with Gasteiger partial charge in [-0.05, 0) is 56.2 Å². The first-order valence-electron chi connectivity index (χ1n) is 9.01. The summed E-state index contributed by atoms with van der Waals surface area (Å²) in [7, 11) is 1.67. The van der Waals surface area contributed by atoms with Gasteiger partial charge in [0.1, 0.15) is 11.5 Å². The van der Waals surface area contributed by atoms with Crippen molar-refractivity contribution in [3.63, 3.8) is 0 Å². The highest BCUT2D eigenvalue weighted by Gasteiger charge is 2.01. The minimum absolute atomic E-state index is 0.185. The Morgan fingerprint density at radius 2 is 1.54 bits per heavy atom. The van der Waals surface area contributed by atoms with Crippen LogP contribution in [0.5, 0.6) is 11.5 Å². The molecule has 140 valence electrons. The highest BCUT2D eigenvalue weighted by atomic mass is 16.5. The van der Waals surface area contributed by atoms with Gasteiger partial charge in [0.15, 0.2) is 5.96 Å². The predicted molar refractivity (Wildman–Crippen MR) is 107 cm³/mol. The van der Waals surface area contributed by atoms with Crippen LogP contribution in [0.15, 0.2) is 53.5 Å². The first kappa shape index (κ1) is 19.6. The third kappa shape index (κ3) is 6.67. The van der Waals surface area contributed by atoms with Crippen LogP contribution in [0.25, 0.3) is 0 Å². The average Bonchev–Trinajstić information content (AvgIpc) is 2.65. The Morgan fingerprint density at radius 1 is 0.923 bits per heavy atom. The molecule has 0 aliphatic heterocycles. The van der Waals surface area contributed by atoms with Crippen molar-refractivity contribution in [3.8, 4) is 11.5 Å². The second kappa shape index (κ2) is 10.3. The normalized spacial score (nSPS) is 11.3. The van der Waals surface area contributed by atoms with Gasteiger partial charge in [0.05, 0.1) is 19.8 Å². The Bertz CT molecular complexity index is 679. The Labute approximate surface area is 156 Å². The molecule has 0 atom stereocenters. The fraction of sp³-hybridized carbons (Fsp3) is 0.381. The molecule has 0 bridgehead atoms. The minimum atomic E-state index is 0.185. The van der Waals surface area contributed by atoms with Crippen molar-refractivity contribution < 1.29 is 9.47 Å². The van der Waals surface area contributed by atoms with Gasteiger partial charge in [-0.2, -0.15) is 0 Å². The zero-order valence-corrected chi connectivity index (χ0v) is 16.1. The van der Waals surface area contributed by atoms with Crippen molar-refractivity contribution in [2.24, 2.45) is 4.99 Å². The number of benzene rings is 2. The van der Waals surface area contributed by atoms with Gasteiger partial charge in [-0.1, -0.05) is 24.3 Å². The van der Waals surface area contributed by atoms with Gasteiger partial charge in [0.2, 0.25) is 0 Å². The molecular weight excluding hydrogens is 326 g/mol. The lowest BCUT2D eigenvalue weighted by atomic mass is 10.2. The molecule has 0 saturated heterocycles. The summed E-state index contributed by atoms with van der Waals surface area (Å²) in [6, 6.07) is 16.1. The summed E-state index contributed by atoms with van der Waals surface area (Å²) in [5.74, 6) is 2.54. The van der Waals surface area contributed by atoms with E-state index in [4.69, 9.17) is 9.47 Å².